The average molecular weight is 614 g/mol. The fourth-order valence-corrected chi connectivity index (χ4v) is 7.00. The molecule has 42 heavy (non-hydrogen) atoms. The number of nitrogens with one attached hydrogen (secondary N) is 1. The minimum Gasteiger partial charge on any atom is -0.461 e. The molecule has 0 amide bonds. The van der Waals surface area contributed by atoms with Crippen molar-refractivity contribution in [3.8, 4) is 0 Å². The summed E-state index contributed by atoms with van der Waals surface area (Å²) in [5.41, 5.74) is 1.68. The number of sulfonamides is 1. The quantitative estimate of drug-likeness (QED) is 0.258. The third kappa shape index (κ3) is 8.64. The predicted octanol–water partition coefficient (Wildman–Crippen LogP) is 5.47. The molecule has 3 aromatic rings. The highest BCUT2D eigenvalue weighted by Crippen LogP contribution is 2.32. The van der Waals surface area contributed by atoms with Gasteiger partial charge in [-0.05, 0) is 49.1 Å². The van der Waals surface area contributed by atoms with Crippen molar-refractivity contribution in [1.82, 2.24) is 14.5 Å². The Labute approximate surface area is 257 Å². The molecule has 0 spiro atoms. The summed E-state index contributed by atoms with van der Waals surface area (Å²) < 4.78 is 33.9. The highest BCUT2D eigenvalue weighted by Gasteiger charge is 2.36. The van der Waals surface area contributed by atoms with Gasteiger partial charge in [-0.2, -0.15) is 0 Å². The third-order valence-electron chi connectivity index (χ3n) is 8.15. The first-order valence-electron chi connectivity index (χ1n) is 14.5. The lowest BCUT2D eigenvalue weighted by Gasteiger charge is -2.42. The molecule has 3 atom stereocenters. The number of ether oxygens (including phenoxy) is 1. The second-order valence-corrected chi connectivity index (χ2v) is 13.2. The summed E-state index contributed by atoms with van der Waals surface area (Å²) >= 11 is 0. The number of rotatable bonds is 13. The fraction of sp³-hybridized carbons (Fsp3) is 0.424. The van der Waals surface area contributed by atoms with Crippen molar-refractivity contribution in [2.75, 3.05) is 33.2 Å². The Morgan fingerprint density at radius 3 is 2.21 bits per heavy atom. The smallest absolute Gasteiger partial charge is 0.309 e. The van der Waals surface area contributed by atoms with E-state index in [9.17, 15) is 13.2 Å². The van der Waals surface area contributed by atoms with Gasteiger partial charge >= 0.3 is 5.97 Å². The van der Waals surface area contributed by atoms with Gasteiger partial charge in [0.25, 0.3) is 0 Å². The van der Waals surface area contributed by atoms with Crippen molar-refractivity contribution in [1.29, 1.82) is 0 Å². The minimum atomic E-state index is -3.63. The van der Waals surface area contributed by atoms with Crippen LogP contribution in [0.25, 0.3) is 0 Å². The van der Waals surface area contributed by atoms with E-state index in [0.29, 0.717) is 24.5 Å². The van der Waals surface area contributed by atoms with Crippen LogP contribution in [-0.4, -0.2) is 63.0 Å². The lowest BCUT2D eigenvalue weighted by molar-refractivity contribution is -0.152. The van der Waals surface area contributed by atoms with Crippen molar-refractivity contribution in [3.05, 3.63) is 102 Å². The molecule has 3 aromatic carbocycles. The maximum atomic E-state index is 13.4. The van der Waals surface area contributed by atoms with Crippen LogP contribution < -0.4 is 5.32 Å². The van der Waals surface area contributed by atoms with E-state index in [2.05, 4.69) is 36.2 Å². The first-order valence-corrected chi connectivity index (χ1v) is 15.9. The maximum absolute atomic E-state index is 13.4. The van der Waals surface area contributed by atoms with E-state index in [1.807, 2.05) is 54.6 Å². The lowest BCUT2D eigenvalue weighted by atomic mass is 9.79. The number of esters is 1. The minimum absolute atomic E-state index is 0. The van der Waals surface area contributed by atoms with E-state index in [1.165, 1.54) is 4.31 Å². The number of halogens is 1. The molecule has 1 aliphatic rings. The third-order valence-corrected chi connectivity index (χ3v) is 9.97. The summed E-state index contributed by atoms with van der Waals surface area (Å²) in [5.74, 6) is -0.292. The number of carbonyl (C=O) groups is 1. The molecule has 228 valence electrons. The molecule has 9 heteroatoms. The normalized spacial score (nSPS) is 19.0. The summed E-state index contributed by atoms with van der Waals surface area (Å²) in [6, 6.07) is 28.5. The molecular weight excluding hydrogens is 570 g/mol. The number of likely N-dealkylation sites (tertiary alicyclic amines) is 1. The number of piperidine rings is 1. The van der Waals surface area contributed by atoms with Crippen LogP contribution in [0.2, 0.25) is 0 Å². The molecule has 1 heterocycles. The molecule has 1 saturated heterocycles. The van der Waals surface area contributed by atoms with Gasteiger partial charge in [-0.15, -0.1) is 12.4 Å². The van der Waals surface area contributed by atoms with Crippen LogP contribution >= 0.6 is 12.4 Å². The van der Waals surface area contributed by atoms with E-state index < -0.39 is 15.4 Å². The largest absolute Gasteiger partial charge is 0.461 e. The molecule has 7 nitrogen and oxygen atoms in total. The molecule has 1 N–H and O–H groups in total. The van der Waals surface area contributed by atoms with E-state index >= 15 is 0 Å². The molecule has 0 saturated carbocycles. The van der Waals surface area contributed by atoms with Gasteiger partial charge < -0.3 is 10.1 Å². The van der Waals surface area contributed by atoms with Gasteiger partial charge in [-0.3, -0.25) is 9.69 Å². The summed E-state index contributed by atoms with van der Waals surface area (Å²) in [4.78, 5) is 15.6. The zero-order chi connectivity index (χ0) is 29.3. The monoisotopic (exact) mass is 613 g/mol. The Hall–Kier alpha value is -2.75. The fourth-order valence-electron chi connectivity index (χ4n) is 5.68. The topological polar surface area (TPSA) is 79.0 Å². The van der Waals surface area contributed by atoms with Gasteiger partial charge in [0.1, 0.15) is 6.61 Å². The Morgan fingerprint density at radius 1 is 1.00 bits per heavy atom. The molecule has 1 aliphatic heterocycles. The first-order chi connectivity index (χ1) is 19.7. The number of benzene rings is 3. The van der Waals surface area contributed by atoms with Gasteiger partial charge in [-0.25, -0.2) is 12.7 Å². The van der Waals surface area contributed by atoms with Crippen LogP contribution in [-0.2, 0) is 31.6 Å². The van der Waals surface area contributed by atoms with Gasteiger partial charge in [-0.1, -0.05) is 92.7 Å². The van der Waals surface area contributed by atoms with Gasteiger partial charge in [0.05, 0.1) is 17.0 Å². The second-order valence-electron chi connectivity index (χ2n) is 11.2. The summed E-state index contributed by atoms with van der Waals surface area (Å²) in [6.07, 6.45) is 2.23. The standard InChI is InChI=1S/C33H43N3O4S.ClH/c1-4-34-31-24-28(32(37)40-25-27-14-8-5-9-15-27)20-22-36(31)23-21-33(2,29-16-10-6-11-17-29)26-35(3)41(38,39)30-18-12-7-13-19-30;/h5-19,28,31,34H,4,20-26H2,1-3H3;1H/t28?,31-,33-;/m1./s1. The van der Waals surface area contributed by atoms with Crippen molar-refractivity contribution >= 4 is 28.4 Å². The van der Waals surface area contributed by atoms with Gasteiger partial charge in [0, 0.05) is 32.1 Å². The van der Waals surface area contributed by atoms with Crippen LogP contribution in [0.3, 0.4) is 0 Å². The van der Waals surface area contributed by atoms with Crippen LogP contribution in [0.15, 0.2) is 95.9 Å². The average Bonchev–Trinajstić information content (AvgIpc) is 3.00. The van der Waals surface area contributed by atoms with E-state index in [1.54, 1.807) is 31.3 Å². The zero-order valence-electron chi connectivity index (χ0n) is 24.8. The molecule has 0 bridgehead atoms. The number of hydrogen-bond donors (Lipinski definition) is 1. The Bertz CT molecular complexity index is 1350. The van der Waals surface area contributed by atoms with Gasteiger partial charge in [0.15, 0.2) is 0 Å². The number of likely N-dealkylation sites (N-methyl/N-ethyl adjacent to an activating group) is 1. The molecule has 0 radical (unpaired) electrons. The van der Waals surface area contributed by atoms with Crippen LogP contribution in [0, 0.1) is 5.92 Å². The summed E-state index contributed by atoms with van der Waals surface area (Å²) in [6.45, 7) is 7.20. The van der Waals surface area contributed by atoms with Crippen molar-refractivity contribution < 1.29 is 17.9 Å². The first kappa shape index (κ1) is 33.7. The summed E-state index contributed by atoms with van der Waals surface area (Å²) in [7, 11) is -1.96. The Kier molecular flexibility index (Phi) is 12.6. The number of nitrogens with zero attached hydrogens (tertiary/aromatic N) is 2. The SMILES string of the molecule is CCN[C@H]1CC(C(=O)OCc2ccccc2)CCN1CC[C@](C)(CN(C)S(=O)(=O)c1ccccc1)c1ccccc1.Cl. The van der Waals surface area contributed by atoms with Crippen molar-refractivity contribution in [2.24, 2.45) is 5.92 Å². The van der Waals surface area contributed by atoms with E-state index in [0.717, 1.165) is 43.6 Å². The molecule has 0 aliphatic carbocycles. The molecule has 0 aromatic heterocycles. The number of hydrogen-bond acceptors (Lipinski definition) is 6. The summed E-state index contributed by atoms with van der Waals surface area (Å²) in [5, 5.41) is 3.57. The molecule has 4 rings (SSSR count). The predicted molar refractivity (Wildman–Crippen MR) is 170 cm³/mol. The van der Waals surface area contributed by atoms with Crippen LogP contribution in [0.1, 0.15) is 44.2 Å². The van der Waals surface area contributed by atoms with Gasteiger partial charge in [0.2, 0.25) is 10.0 Å². The Morgan fingerprint density at radius 2 is 1.60 bits per heavy atom. The second kappa shape index (κ2) is 15.6. The number of carbonyl (C=O) groups excluding carboxylic acids is 1. The van der Waals surface area contributed by atoms with Crippen LogP contribution in [0.5, 0.6) is 0 Å². The highest BCUT2D eigenvalue weighted by molar-refractivity contribution is 7.89. The van der Waals surface area contributed by atoms with Crippen molar-refractivity contribution in [3.63, 3.8) is 0 Å². The van der Waals surface area contributed by atoms with E-state index in [-0.39, 0.29) is 30.5 Å². The lowest BCUT2D eigenvalue weighted by Crippen LogP contribution is -2.53. The zero-order valence-corrected chi connectivity index (χ0v) is 26.4. The highest BCUT2D eigenvalue weighted by atomic mass is 35.5. The van der Waals surface area contributed by atoms with E-state index in [4.69, 9.17) is 4.74 Å². The maximum Gasteiger partial charge on any atom is 0.309 e. The Balaban J connectivity index is 0.00000484. The molecular formula is C33H44ClN3O4S. The van der Waals surface area contributed by atoms with Crippen molar-refractivity contribution in [2.45, 2.75) is 56.2 Å². The molecule has 1 fully saturated rings. The molecule has 1 unspecified atom stereocenters. The van der Waals surface area contributed by atoms with Crippen LogP contribution in [0.4, 0.5) is 0 Å².